The highest BCUT2D eigenvalue weighted by Crippen LogP contribution is 2.31. The first-order chi connectivity index (χ1) is 17.6. The molecule has 0 bridgehead atoms. The van der Waals surface area contributed by atoms with Crippen molar-refractivity contribution in [3.8, 4) is 5.75 Å². The van der Waals surface area contributed by atoms with Crippen LogP contribution in [0, 0.1) is 0 Å². The van der Waals surface area contributed by atoms with E-state index in [4.69, 9.17) is 4.74 Å². The molecular weight excluding hydrogens is 448 g/mol. The second-order valence-corrected chi connectivity index (χ2v) is 9.66. The number of nitrogens with one attached hydrogen (secondary N) is 2. The normalized spacial score (nSPS) is 14.2. The van der Waals surface area contributed by atoms with Gasteiger partial charge in [-0.15, -0.1) is 0 Å². The number of H-pyrrole nitrogens is 1. The molecule has 0 amide bonds. The Labute approximate surface area is 212 Å². The van der Waals surface area contributed by atoms with Gasteiger partial charge in [0.05, 0.1) is 11.6 Å². The van der Waals surface area contributed by atoms with Gasteiger partial charge in [0.1, 0.15) is 12.4 Å². The smallest absolute Gasteiger partial charge is 0.248 e. The van der Waals surface area contributed by atoms with E-state index in [0.717, 1.165) is 42.2 Å². The van der Waals surface area contributed by atoms with Crippen molar-refractivity contribution < 1.29 is 9.84 Å². The Morgan fingerprint density at radius 1 is 0.972 bits per heavy atom. The first-order valence-electron chi connectivity index (χ1n) is 12.9. The fraction of sp³-hybridized carbons (Fsp3) is 0.323. The third-order valence-corrected chi connectivity index (χ3v) is 7.30. The first-order valence-corrected chi connectivity index (χ1v) is 12.9. The Hall–Kier alpha value is -3.41. The molecule has 1 atom stereocenters. The van der Waals surface area contributed by atoms with Crippen LogP contribution in [0.3, 0.4) is 0 Å². The van der Waals surface area contributed by atoms with E-state index >= 15 is 0 Å². The van der Waals surface area contributed by atoms with Crippen LogP contribution < -0.4 is 15.6 Å². The zero-order valence-corrected chi connectivity index (χ0v) is 21.0. The van der Waals surface area contributed by atoms with E-state index in [1.165, 1.54) is 28.3 Å². The van der Waals surface area contributed by atoms with Crippen LogP contribution in [0.4, 0.5) is 0 Å². The van der Waals surface area contributed by atoms with E-state index in [-0.39, 0.29) is 5.56 Å². The van der Waals surface area contributed by atoms with Gasteiger partial charge in [0.15, 0.2) is 0 Å². The number of benzene rings is 3. The lowest BCUT2D eigenvalue weighted by atomic mass is 9.97. The molecule has 0 radical (unpaired) electrons. The number of aryl methyl sites for hydroxylation is 2. The summed E-state index contributed by atoms with van der Waals surface area (Å²) in [6.45, 7) is 5.28. The van der Waals surface area contributed by atoms with Crippen molar-refractivity contribution in [2.45, 2.75) is 58.3 Å². The maximum absolute atomic E-state index is 12.1. The molecule has 3 aromatic carbocycles. The zero-order chi connectivity index (χ0) is 25.1. The molecule has 1 heterocycles. The first kappa shape index (κ1) is 24.3. The molecule has 0 spiro atoms. The van der Waals surface area contributed by atoms with Gasteiger partial charge in [-0.25, -0.2) is 0 Å². The van der Waals surface area contributed by atoms with Gasteiger partial charge in [-0.3, -0.25) is 4.79 Å². The number of rotatable bonds is 9. The number of hydrogen-bond donors (Lipinski definition) is 3. The van der Waals surface area contributed by atoms with Crippen LogP contribution in [0.25, 0.3) is 10.9 Å². The average Bonchev–Trinajstić information content (AvgIpc) is 3.31. The lowest BCUT2D eigenvalue weighted by Gasteiger charge is -2.19. The predicted molar refractivity (Wildman–Crippen MR) is 145 cm³/mol. The van der Waals surface area contributed by atoms with Crippen LogP contribution in [0.1, 0.15) is 53.3 Å². The number of ether oxygens (including phenoxy) is 1. The van der Waals surface area contributed by atoms with Crippen molar-refractivity contribution in [1.82, 2.24) is 10.3 Å². The van der Waals surface area contributed by atoms with Crippen LogP contribution in [0.5, 0.6) is 5.75 Å². The lowest BCUT2D eigenvalue weighted by Crippen LogP contribution is -2.33. The topological polar surface area (TPSA) is 74.3 Å². The quantitative estimate of drug-likeness (QED) is 0.313. The van der Waals surface area contributed by atoms with Crippen LogP contribution in [0.2, 0.25) is 0 Å². The molecule has 0 aliphatic heterocycles. The third-order valence-electron chi connectivity index (χ3n) is 7.30. The van der Waals surface area contributed by atoms with Crippen LogP contribution in [-0.2, 0) is 32.3 Å². The molecule has 0 saturated heterocycles. The molecule has 186 valence electrons. The van der Waals surface area contributed by atoms with Gasteiger partial charge >= 0.3 is 0 Å². The maximum atomic E-state index is 12.1. The number of aliphatic hydroxyl groups excluding tert-OH is 1. The molecule has 3 N–H and O–H groups in total. The molecule has 1 aromatic heterocycles. The maximum Gasteiger partial charge on any atom is 0.248 e. The Balaban J connectivity index is 1.30. The Morgan fingerprint density at radius 3 is 2.33 bits per heavy atom. The summed E-state index contributed by atoms with van der Waals surface area (Å²) >= 11 is 0. The zero-order valence-electron chi connectivity index (χ0n) is 21.0. The van der Waals surface area contributed by atoms with Gasteiger partial charge in [0.25, 0.3) is 0 Å². The summed E-state index contributed by atoms with van der Waals surface area (Å²) in [5.74, 6) is 0.597. The number of pyridine rings is 1. The average molecular weight is 483 g/mol. The second kappa shape index (κ2) is 10.7. The highest BCUT2D eigenvalue weighted by atomic mass is 16.5. The van der Waals surface area contributed by atoms with E-state index in [1.807, 2.05) is 42.5 Å². The van der Waals surface area contributed by atoms with E-state index < -0.39 is 6.10 Å². The van der Waals surface area contributed by atoms with E-state index in [2.05, 4.69) is 36.3 Å². The SMILES string of the molecule is CCc1cc2c(cc1CC)CC(NC[C@@H](O)c1ccc(OCc3ccccc3)c3[nH]c(=O)ccc13)C2. The van der Waals surface area contributed by atoms with Gasteiger partial charge in [-0.2, -0.15) is 0 Å². The Morgan fingerprint density at radius 2 is 1.67 bits per heavy atom. The minimum absolute atomic E-state index is 0.196. The van der Waals surface area contributed by atoms with Crippen LogP contribution in [-0.4, -0.2) is 22.7 Å². The summed E-state index contributed by atoms with van der Waals surface area (Å²) in [5.41, 5.74) is 8.00. The monoisotopic (exact) mass is 482 g/mol. The molecule has 0 saturated carbocycles. The van der Waals surface area contributed by atoms with E-state index in [9.17, 15) is 9.90 Å². The van der Waals surface area contributed by atoms with Gasteiger partial charge in [0, 0.05) is 24.0 Å². The third kappa shape index (κ3) is 5.08. The van der Waals surface area contributed by atoms with Gasteiger partial charge in [-0.1, -0.05) is 62.4 Å². The lowest BCUT2D eigenvalue weighted by molar-refractivity contribution is 0.171. The summed E-state index contributed by atoms with van der Waals surface area (Å²) in [7, 11) is 0. The van der Waals surface area contributed by atoms with Gasteiger partial charge < -0.3 is 20.1 Å². The minimum Gasteiger partial charge on any atom is -0.487 e. The number of hydrogen-bond acceptors (Lipinski definition) is 4. The Bertz CT molecular complexity index is 1380. The summed E-state index contributed by atoms with van der Waals surface area (Å²) in [6, 6.07) is 22.0. The predicted octanol–water partition coefficient (Wildman–Crippen LogP) is 5.02. The molecular formula is C31H34N2O3. The van der Waals surface area contributed by atoms with Gasteiger partial charge in [-0.05, 0) is 71.2 Å². The van der Waals surface area contributed by atoms with Gasteiger partial charge in [0.2, 0.25) is 5.56 Å². The van der Waals surface area contributed by atoms with Crippen molar-refractivity contribution in [3.63, 3.8) is 0 Å². The van der Waals surface area contributed by atoms with Crippen molar-refractivity contribution in [3.05, 3.63) is 110 Å². The standard InChI is InChI=1S/C31H34N2O3/c1-3-21-14-23-16-25(17-24(23)15-22(21)4-2)32-18-28(34)26-10-12-29(31-27(26)11-13-30(35)33-31)36-19-20-8-6-5-7-9-20/h5-15,25,28,32,34H,3-4,16-19H2,1-2H3,(H,33,35)/t28-/m1/s1. The summed E-state index contributed by atoms with van der Waals surface area (Å²) in [6.07, 6.45) is 3.39. The van der Waals surface area contributed by atoms with Crippen LogP contribution >= 0.6 is 0 Å². The largest absolute Gasteiger partial charge is 0.487 e. The highest BCUT2D eigenvalue weighted by molar-refractivity contribution is 5.87. The van der Waals surface area contributed by atoms with Crippen molar-refractivity contribution >= 4 is 10.9 Å². The van der Waals surface area contributed by atoms with Crippen molar-refractivity contribution in [2.24, 2.45) is 0 Å². The van der Waals surface area contributed by atoms with Crippen LogP contribution in [0.15, 0.2) is 71.5 Å². The fourth-order valence-corrected chi connectivity index (χ4v) is 5.36. The number of aliphatic hydroxyl groups is 1. The number of aromatic nitrogens is 1. The summed E-state index contributed by atoms with van der Waals surface area (Å²) in [4.78, 5) is 15.0. The molecule has 5 nitrogen and oxygen atoms in total. The molecule has 5 rings (SSSR count). The van der Waals surface area contributed by atoms with E-state index in [0.29, 0.717) is 30.5 Å². The highest BCUT2D eigenvalue weighted by Gasteiger charge is 2.24. The minimum atomic E-state index is -0.706. The summed E-state index contributed by atoms with van der Waals surface area (Å²) < 4.78 is 6.04. The number of fused-ring (bicyclic) bond motifs is 2. The molecule has 5 heteroatoms. The molecule has 4 aromatic rings. The fourth-order valence-electron chi connectivity index (χ4n) is 5.36. The molecule has 1 aliphatic rings. The molecule has 0 unspecified atom stereocenters. The van der Waals surface area contributed by atoms with Crippen molar-refractivity contribution in [1.29, 1.82) is 0 Å². The Kier molecular flexibility index (Phi) is 7.21. The second-order valence-electron chi connectivity index (χ2n) is 9.66. The molecule has 1 aliphatic carbocycles. The molecule has 36 heavy (non-hydrogen) atoms. The summed E-state index contributed by atoms with van der Waals surface area (Å²) in [5, 5.41) is 15.5. The number of aromatic amines is 1. The van der Waals surface area contributed by atoms with Crippen molar-refractivity contribution in [2.75, 3.05) is 6.54 Å². The van der Waals surface area contributed by atoms with E-state index in [1.54, 1.807) is 6.07 Å². The molecule has 0 fully saturated rings.